The summed E-state index contributed by atoms with van der Waals surface area (Å²) in [5.74, 6) is -2.68. The minimum Gasteiger partial charge on any atom is -0.507 e. The molecule has 64 heavy (non-hydrogen) atoms. The third kappa shape index (κ3) is 24.7. The van der Waals surface area contributed by atoms with Crippen LogP contribution in [0.25, 0.3) is 0 Å². The van der Waals surface area contributed by atoms with E-state index in [0.29, 0.717) is 57.7 Å². The van der Waals surface area contributed by atoms with E-state index in [-0.39, 0.29) is 35.8 Å². The molecule has 0 saturated carbocycles. The van der Waals surface area contributed by atoms with Crippen molar-refractivity contribution in [1.29, 1.82) is 0 Å². The number of aromatic hydroxyl groups is 2. The first-order valence-electron chi connectivity index (χ1n) is 19.0. The number of aldehydes is 1. The Morgan fingerprint density at radius 2 is 1.17 bits per heavy atom. The van der Waals surface area contributed by atoms with Crippen molar-refractivity contribution < 1.29 is 95.8 Å². The van der Waals surface area contributed by atoms with Gasteiger partial charge in [-0.2, -0.15) is 13.2 Å². The highest BCUT2D eigenvalue weighted by Crippen LogP contribution is 2.25. The average molecular weight is 919 g/mol. The molecular formula is C42H57F3N2O17. The number of aliphatic hydroxyl groups excluding tert-OH is 2. The van der Waals surface area contributed by atoms with Crippen LogP contribution in [0.5, 0.6) is 23.0 Å². The van der Waals surface area contributed by atoms with E-state index in [1.165, 1.54) is 57.2 Å². The number of ketones is 1. The zero-order valence-electron chi connectivity index (χ0n) is 36.1. The number of aliphatic hydroxyl groups is 2. The van der Waals surface area contributed by atoms with Gasteiger partial charge in [-0.1, -0.05) is 30.3 Å². The van der Waals surface area contributed by atoms with Gasteiger partial charge in [-0.3, -0.25) is 14.4 Å². The lowest BCUT2D eigenvalue weighted by molar-refractivity contribution is -0.156. The summed E-state index contributed by atoms with van der Waals surface area (Å²) in [6, 6.07) is 17.5. The first-order chi connectivity index (χ1) is 30.1. The van der Waals surface area contributed by atoms with Gasteiger partial charge in [-0.15, -0.1) is 0 Å². The van der Waals surface area contributed by atoms with Crippen molar-refractivity contribution in [3.8, 4) is 23.0 Å². The number of amides is 1. The Bertz CT molecular complexity index is 1850. The molecule has 22 heteroatoms. The lowest BCUT2D eigenvalue weighted by Crippen LogP contribution is -2.54. The van der Waals surface area contributed by atoms with Gasteiger partial charge < -0.3 is 69.7 Å². The minimum atomic E-state index is -4.64. The van der Waals surface area contributed by atoms with E-state index in [9.17, 15) is 47.7 Å². The molecule has 0 aliphatic heterocycles. The summed E-state index contributed by atoms with van der Waals surface area (Å²) < 4.78 is 67.0. The molecule has 3 aromatic carbocycles. The molecule has 2 unspecified atom stereocenters. The first-order valence-corrected chi connectivity index (χ1v) is 19.0. The van der Waals surface area contributed by atoms with Crippen LogP contribution >= 0.6 is 0 Å². The number of hydrogen-bond acceptors (Lipinski definition) is 17. The molecule has 0 aliphatic carbocycles. The van der Waals surface area contributed by atoms with Crippen LogP contribution in [0.1, 0.15) is 47.1 Å². The van der Waals surface area contributed by atoms with E-state index in [1.807, 2.05) is 30.3 Å². The Hall–Kier alpha value is -5.88. The highest BCUT2D eigenvalue weighted by molar-refractivity contribution is 6.01. The number of nitrogens with one attached hydrogen (secondary N) is 1. The number of phenolic OH excluding ortho intramolecular Hbond substituents is 1. The molecule has 0 aliphatic rings. The molecule has 3 aromatic rings. The molecule has 19 nitrogen and oxygen atoms in total. The van der Waals surface area contributed by atoms with Gasteiger partial charge in [0.1, 0.15) is 59.5 Å². The zero-order valence-corrected chi connectivity index (χ0v) is 36.1. The van der Waals surface area contributed by atoms with Crippen LogP contribution < -0.4 is 20.5 Å². The number of nitrogens with two attached hydrogens (primary N) is 1. The van der Waals surface area contributed by atoms with Crippen molar-refractivity contribution in [3.63, 3.8) is 0 Å². The Balaban J connectivity index is 0.000000898. The van der Waals surface area contributed by atoms with Crippen LogP contribution in [0.3, 0.4) is 0 Å². The van der Waals surface area contributed by atoms with Crippen molar-refractivity contribution in [2.75, 3.05) is 80.3 Å². The number of esters is 1. The molecule has 0 radical (unpaired) electrons. The summed E-state index contributed by atoms with van der Waals surface area (Å²) in [6.07, 6.45) is -5.70. The molecule has 0 aromatic heterocycles. The number of benzene rings is 3. The highest BCUT2D eigenvalue weighted by Gasteiger charge is 2.32. The Kier molecular flexibility index (Phi) is 28.2. The van der Waals surface area contributed by atoms with Crippen LogP contribution in [0, 0.1) is 0 Å². The quantitative estimate of drug-likeness (QED) is 0.0409. The SMILES string of the molecule is CC(N)(CO)C(=O)OCc1ccccc1.COCCOCCOc1ccc(C(=O)NC(C)(CO)C(C)=O)c(O)c1.COCCOCCOc1ccc(C(=O)O)c(O)c1.O=CC(F)(F)F. The molecule has 0 saturated heterocycles. The summed E-state index contributed by atoms with van der Waals surface area (Å²) in [5.41, 5.74) is 3.48. The predicted molar refractivity (Wildman–Crippen MR) is 221 cm³/mol. The number of carboxylic acid groups (broad SMARTS) is 1. The summed E-state index contributed by atoms with van der Waals surface area (Å²) in [5, 5.41) is 48.7. The normalized spacial score (nSPS) is 12.4. The molecule has 3 rings (SSSR count). The second-order valence-electron chi connectivity index (χ2n) is 13.4. The third-order valence-corrected chi connectivity index (χ3v) is 7.89. The van der Waals surface area contributed by atoms with E-state index in [1.54, 1.807) is 14.2 Å². The fourth-order valence-corrected chi connectivity index (χ4v) is 4.01. The number of halogens is 3. The average Bonchev–Trinajstić information content (AvgIpc) is 3.25. The van der Waals surface area contributed by atoms with Gasteiger partial charge in [-0.05, 0) is 50.6 Å². The maximum absolute atomic E-state index is 12.2. The van der Waals surface area contributed by atoms with Crippen LogP contribution in [0.15, 0.2) is 66.7 Å². The fourth-order valence-electron chi connectivity index (χ4n) is 4.01. The van der Waals surface area contributed by atoms with Gasteiger partial charge in [0.05, 0.1) is 58.4 Å². The molecule has 8 N–H and O–H groups in total. The van der Waals surface area contributed by atoms with E-state index in [4.69, 9.17) is 53.9 Å². The number of aromatic carboxylic acids is 1. The number of hydrogen-bond donors (Lipinski definition) is 7. The van der Waals surface area contributed by atoms with E-state index < -0.39 is 60.4 Å². The number of alkyl halides is 3. The summed E-state index contributed by atoms with van der Waals surface area (Å²) in [4.78, 5) is 54.5. The van der Waals surface area contributed by atoms with Crippen LogP contribution in [0.4, 0.5) is 13.2 Å². The second kappa shape index (κ2) is 31.0. The monoisotopic (exact) mass is 918 g/mol. The predicted octanol–water partition coefficient (Wildman–Crippen LogP) is 2.82. The smallest absolute Gasteiger partial charge is 0.446 e. The van der Waals surface area contributed by atoms with Crippen molar-refractivity contribution >= 4 is 29.9 Å². The number of phenols is 2. The number of carbonyl (C=O) groups is 5. The topological polar surface area (TPSA) is 289 Å². The Morgan fingerprint density at radius 1 is 0.719 bits per heavy atom. The molecule has 358 valence electrons. The molecular weight excluding hydrogens is 861 g/mol. The molecule has 1 amide bonds. The molecule has 2 atom stereocenters. The lowest BCUT2D eigenvalue weighted by Gasteiger charge is -2.25. The second-order valence-corrected chi connectivity index (χ2v) is 13.4. The maximum atomic E-state index is 12.2. The Labute approximate surface area is 367 Å². The van der Waals surface area contributed by atoms with E-state index in [2.05, 4.69) is 5.32 Å². The highest BCUT2D eigenvalue weighted by atomic mass is 19.4. The minimum absolute atomic E-state index is 0.0235. The third-order valence-electron chi connectivity index (χ3n) is 7.89. The fraction of sp³-hybridized carbons (Fsp3) is 0.452. The number of carbonyl (C=O) groups excluding carboxylic acids is 4. The number of carboxylic acids is 1. The van der Waals surface area contributed by atoms with Crippen molar-refractivity contribution in [2.24, 2.45) is 5.73 Å². The standard InChI is InChI=1S/C17H25NO7.C12H16O6.C11H15NO3.C2HF3O/c1-12(20)17(2,11-19)18-16(22)14-5-4-13(10-15(14)21)25-9-8-24-7-6-23-3;1-16-4-5-17-6-7-18-9-2-3-10(12(14)15)11(13)8-9;1-11(12,8-13)10(14)15-7-9-5-3-2-4-6-9;3-2(4,5)1-6/h4-5,10,19,21H,6-9,11H2,1-3H3,(H,18,22);2-3,8,13H,4-7H2,1H3,(H,14,15);2-6,13H,7-8,12H2,1H3;1H. The number of methoxy groups -OCH3 is 2. The molecule has 0 spiro atoms. The van der Waals surface area contributed by atoms with Gasteiger partial charge in [0, 0.05) is 26.4 Å². The van der Waals surface area contributed by atoms with Crippen LogP contribution in [-0.4, -0.2) is 153 Å². The van der Waals surface area contributed by atoms with Crippen molar-refractivity contribution in [1.82, 2.24) is 5.32 Å². The Morgan fingerprint density at radius 3 is 1.55 bits per heavy atom. The number of Topliss-reactive ketones (excluding diaryl/α,β-unsaturated/α-hetero) is 1. The molecule has 0 bridgehead atoms. The van der Waals surface area contributed by atoms with E-state index >= 15 is 0 Å². The van der Waals surface area contributed by atoms with Gasteiger partial charge in [0.15, 0.2) is 5.78 Å². The van der Waals surface area contributed by atoms with E-state index in [0.717, 1.165) is 5.56 Å². The van der Waals surface area contributed by atoms with Crippen molar-refractivity contribution in [2.45, 2.75) is 44.6 Å². The summed E-state index contributed by atoms with van der Waals surface area (Å²) in [7, 11) is 3.17. The van der Waals surface area contributed by atoms with Gasteiger partial charge in [-0.25, -0.2) is 9.59 Å². The molecule has 0 fully saturated rings. The van der Waals surface area contributed by atoms with Gasteiger partial charge in [0.25, 0.3) is 5.91 Å². The number of rotatable bonds is 23. The lowest BCUT2D eigenvalue weighted by atomic mass is 9.98. The van der Waals surface area contributed by atoms with Crippen molar-refractivity contribution in [3.05, 3.63) is 83.4 Å². The summed E-state index contributed by atoms with van der Waals surface area (Å²) in [6.45, 7) is 6.63. The number of ether oxygens (including phenoxy) is 7. The molecule has 0 heterocycles. The largest absolute Gasteiger partial charge is 0.507 e. The maximum Gasteiger partial charge on any atom is 0.446 e. The first kappa shape index (κ1) is 58.1. The van der Waals surface area contributed by atoms with Gasteiger partial charge in [0.2, 0.25) is 6.29 Å². The van der Waals surface area contributed by atoms with Gasteiger partial charge >= 0.3 is 18.1 Å². The summed E-state index contributed by atoms with van der Waals surface area (Å²) >= 11 is 0. The zero-order chi connectivity index (χ0) is 48.8. The van der Waals surface area contributed by atoms with Crippen LogP contribution in [0.2, 0.25) is 0 Å². The van der Waals surface area contributed by atoms with Crippen LogP contribution in [-0.2, 0) is 44.7 Å².